The Labute approximate surface area is 106 Å². The number of hydrogen-bond acceptors (Lipinski definition) is 2. The third kappa shape index (κ3) is 2.62. The van der Waals surface area contributed by atoms with Crippen LogP contribution in [0.2, 0.25) is 0 Å². The molecule has 1 fully saturated rings. The van der Waals surface area contributed by atoms with Gasteiger partial charge < -0.3 is 10.3 Å². The van der Waals surface area contributed by atoms with Crippen molar-refractivity contribution in [2.75, 3.05) is 6.54 Å². The summed E-state index contributed by atoms with van der Waals surface area (Å²) in [5.74, 6) is 0.937. The molecule has 1 aliphatic carbocycles. The zero-order chi connectivity index (χ0) is 12.4. The van der Waals surface area contributed by atoms with Gasteiger partial charge in [-0.05, 0) is 36.4 Å². The summed E-state index contributed by atoms with van der Waals surface area (Å²) in [5, 5.41) is 4.45. The van der Waals surface area contributed by atoms with E-state index in [1.807, 2.05) is 30.3 Å². The van der Waals surface area contributed by atoms with Gasteiger partial charge in [0, 0.05) is 17.6 Å². The van der Waals surface area contributed by atoms with Crippen LogP contribution in [0.25, 0.3) is 10.9 Å². The molecule has 94 valence electrons. The number of aromatic nitrogens is 1. The lowest BCUT2D eigenvalue weighted by Gasteiger charge is -2.05. The summed E-state index contributed by atoms with van der Waals surface area (Å²) in [5.41, 5.74) is 1.75. The highest BCUT2D eigenvalue weighted by Crippen LogP contribution is 2.31. The van der Waals surface area contributed by atoms with Gasteiger partial charge in [0.25, 0.3) is 5.56 Å². The second kappa shape index (κ2) is 4.94. The molecule has 0 bridgehead atoms. The molecule has 0 saturated heterocycles. The lowest BCUT2D eigenvalue weighted by atomic mass is 10.1. The number of nitrogens with one attached hydrogen (secondary N) is 2. The van der Waals surface area contributed by atoms with Gasteiger partial charge in [-0.3, -0.25) is 4.79 Å². The van der Waals surface area contributed by atoms with E-state index in [2.05, 4.69) is 10.3 Å². The summed E-state index contributed by atoms with van der Waals surface area (Å²) in [6.45, 7) is 1.67. The Kier molecular flexibility index (Phi) is 3.15. The molecule has 0 radical (unpaired) electrons. The molecular weight excluding hydrogens is 224 g/mol. The van der Waals surface area contributed by atoms with Crippen molar-refractivity contribution in [3.8, 4) is 0 Å². The first kappa shape index (κ1) is 11.5. The molecular formula is C15H18N2O. The van der Waals surface area contributed by atoms with Crippen LogP contribution in [-0.4, -0.2) is 11.5 Å². The summed E-state index contributed by atoms with van der Waals surface area (Å²) in [6, 6.07) is 9.87. The quantitative estimate of drug-likeness (QED) is 0.791. The van der Waals surface area contributed by atoms with E-state index < -0.39 is 0 Å². The molecule has 2 aromatic rings. The third-order valence-electron chi connectivity index (χ3n) is 3.57. The van der Waals surface area contributed by atoms with Gasteiger partial charge in [0.2, 0.25) is 0 Å². The fourth-order valence-corrected chi connectivity index (χ4v) is 2.26. The molecule has 1 saturated carbocycles. The minimum atomic E-state index is 0.0209. The van der Waals surface area contributed by atoms with Crippen molar-refractivity contribution in [1.29, 1.82) is 0 Å². The van der Waals surface area contributed by atoms with Crippen molar-refractivity contribution in [3.05, 3.63) is 46.2 Å². The van der Waals surface area contributed by atoms with E-state index in [9.17, 15) is 4.79 Å². The van der Waals surface area contributed by atoms with Crippen LogP contribution >= 0.6 is 0 Å². The van der Waals surface area contributed by atoms with Crippen LogP contribution in [0.4, 0.5) is 0 Å². The van der Waals surface area contributed by atoms with Crippen molar-refractivity contribution in [1.82, 2.24) is 10.3 Å². The van der Waals surface area contributed by atoms with Crippen molar-refractivity contribution >= 4 is 10.9 Å². The first-order valence-corrected chi connectivity index (χ1v) is 6.64. The summed E-state index contributed by atoms with van der Waals surface area (Å²) in [4.78, 5) is 14.8. The topological polar surface area (TPSA) is 44.9 Å². The standard InChI is InChI=1S/C15H18N2O/c18-15-13(10-16-8-7-11-5-6-11)9-12-3-1-2-4-14(12)17-15/h1-4,9,11,16H,5-8,10H2,(H,17,18). The molecule has 2 N–H and O–H groups in total. The number of pyridine rings is 1. The number of benzene rings is 1. The second-order valence-electron chi connectivity index (χ2n) is 5.12. The molecule has 1 aromatic heterocycles. The normalized spacial score (nSPS) is 15.1. The van der Waals surface area contributed by atoms with Crippen LogP contribution in [0, 0.1) is 5.92 Å². The Morgan fingerprint density at radius 2 is 2.11 bits per heavy atom. The highest BCUT2D eigenvalue weighted by Gasteiger charge is 2.19. The average Bonchev–Trinajstić information content (AvgIpc) is 3.19. The second-order valence-corrected chi connectivity index (χ2v) is 5.12. The lowest BCUT2D eigenvalue weighted by molar-refractivity contribution is 0.611. The summed E-state index contributed by atoms with van der Waals surface area (Å²) < 4.78 is 0. The van der Waals surface area contributed by atoms with Crippen LogP contribution < -0.4 is 10.9 Å². The molecule has 1 aromatic carbocycles. The van der Waals surface area contributed by atoms with E-state index in [1.54, 1.807) is 0 Å². The molecule has 1 heterocycles. The van der Waals surface area contributed by atoms with Crippen LogP contribution in [0.3, 0.4) is 0 Å². The van der Waals surface area contributed by atoms with Gasteiger partial charge in [-0.2, -0.15) is 0 Å². The summed E-state index contributed by atoms with van der Waals surface area (Å²) >= 11 is 0. The third-order valence-corrected chi connectivity index (χ3v) is 3.57. The van der Waals surface area contributed by atoms with Gasteiger partial charge in [0.1, 0.15) is 0 Å². The molecule has 1 aliphatic rings. The van der Waals surface area contributed by atoms with Crippen LogP contribution in [0.1, 0.15) is 24.8 Å². The smallest absolute Gasteiger partial charge is 0.252 e. The van der Waals surface area contributed by atoms with Crippen molar-refractivity contribution in [2.45, 2.75) is 25.8 Å². The van der Waals surface area contributed by atoms with E-state index in [1.165, 1.54) is 19.3 Å². The summed E-state index contributed by atoms with van der Waals surface area (Å²) in [6.07, 6.45) is 4.02. The molecule has 3 rings (SSSR count). The molecule has 0 unspecified atom stereocenters. The van der Waals surface area contributed by atoms with E-state index in [4.69, 9.17) is 0 Å². The Morgan fingerprint density at radius 1 is 1.28 bits per heavy atom. The maximum Gasteiger partial charge on any atom is 0.252 e. The molecule has 0 amide bonds. The SMILES string of the molecule is O=c1[nH]c2ccccc2cc1CNCCC1CC1. The van der Waals surface area contributed by atoms with E-state index in [0.29, 0.717) is 6.54 Å². The highest BCUT2D eigenvalue weighted by atomic mass is 16.1. The minimum absolute atomic E-state index is 0.0209. The van der Waals surface area contributed by atoms with E-state index in [0.717, 1.165) is 28.9 Å². The van der Waals surface area contributed by atoms with E-state index >= 15 is 0 Å². The van der Waals surface area contributed by atoms with Crippen molar-refractivity contribution in [3.63, 3.8) is 0 Å². The fraction of sp³-hybridized carbons (Fsp3) is 0.400. The van der Waals surface area contributed by atoms with Crippen molar-refractivity contribution < 1.29 is 0 Å². The van der Waals surface area contributed by atoms with Crippen molar-refractivity contribution in [2.24, 2.45) is 5.92 Å². The first-order valence-electron chi connectivity index (χ1n) is 6.64. The van der Waals surface area contributed by atoms with E-state index in [-0.39, 0.29) is 5.56 Å². The van der Waals surface area contributed by atoms with Gasteiger partial charge >= 0.3 is 0 Å². The number of aromatic amines is 1. The van der Waals surface area contributed by atoms with Gasteiger partial charge in [0.15, 0.2) is 0 Å². The fourth-order valence-electron chi connectivity index (χ4n) is 2.26. The molecule has 0 spiro atoms. The maximum atomic E-state index is 11.9. The highest BCUT2D eigenvalue weighted by molar-refractivity contribution is 5.78. The van der Waals surface area contributed by atoms with Crippen LogP contribution in [0.15, 0.2) is 35.1 Å². The van der Waals surface area contributed by atoms with Crippen LogP contribution in [0.5, 0.6) is 0 Å². The molecule has 3 heteroatoms. The van der Waals surface area contributed by atoms with Gasteiger partial charge in [0.05, 0.1) is 0 Å². The number of rotatable bonds is 5. The largest absolute Gasteiger partial charge is 0.322 e. The maximum absolute atomic E-state index is 11.9. The summed E-state index contributed by atoms with van der Waals surface area (Å²) in [7, 11) is 0. The number of hydrogen-bond donors (Lipinski definition) is 2. The Morgan fingerprint density at radius 3 is 2.94 bits per heavy atom. The number of H-pyrrole nitrogens is 1. The zero-order valence-corrected chi connectivity index (χ0v) is 10.4. The zero-order valence-electron chi connectivity index (χ0n) is 10.4. The molecule has 18 heavy (non-hydrogen) atoms. The van der Waals surface area contributed by atoms with Crippen LogP contribution in [-0.2, 0) is 6.54 Å². The molecule has 3 nitrogen and oxygen atoms in total. The number of para-hydroxylation sites is 1. The first-order chi connectivity index (χ1) is 8.83. The lowest BCUT2D eigenvalue weighted by Crippen LogP contribution is -2.22. The Hall–Kier alpha value is -1.61. The minimum Gasteiger partial charge on any atom is -0.322 e. The monoisotopic (exact) mass is 242 g/mol. The predicted molar refractivity (Wildman–Crippen MR) is 73.6 cm³/mol. The van der Waals surface area contributed by atoms with Gasteiger partial charge in [-0.25, -0.2) is 0 Å². The Bertz CT molecular complexity index is 599. The predicted octanol–water partition coefficient (Wildman–Crippen LogP) is 2.42. The molecule has 0 atom stereocenters. The van der Waals surface area contributed by atoms with Gasteiger partial charge in [-0.1, -0.05) is 31.0 Å². The number of fused-ring (bicyclic) bond motifs is 1. The van der Waals surface area contributed by atoms with Gasteiger partial charge in [-0.15, -0.1) is 0 Å². The Balaban J connectivity index is 1.70. The average molecular weight is 242 g/mol. The molecule has 0 aliphatic heterocycles.